The third-order valence-electron chi connectivity index (χ3n) is 10.1. The van der Waals surface area contributed by atoms with Gasteiger partial charge in [-0.05, 0) is 119 Å². The lowest BCUT2D eigenvalue weighted by molar-refractivity contribution is 0.619. The Morgan fingerprint density at radius 2 is 1.40 bits per heavy atom. The molecule has 3 heteroatoms. The molecule has 0 bridgehead atoms. The van der Waals surface area contributed by atoms with Gasteiger partial charge in [-0.15, -0.1) is 0 Å². The molecule has 0 radical (unpaired) electrons. The van der Waals surface area contributed by atoms with Gasteiger partial charge in [-0.25, -0.2) is 4.98 Å². The number of rotatable bonds is 8. The van der Waals surface area contributed by atoms with Crippen molar-refractivity contribution in [3.63, 3.8) is 0 Å². The van der Waals surface area contributed by atoms with Crippen molar-refractivity contribution in [1.82, 2.24) is 9.55 Å². The molecule has 6 aromatic carbocycles. The van der Waals surface area contributed by atoms with Gasteiger partial charge in [0.05, 0.1) is 11.0 Å². The number of fused-ring (bicyclic) bond motifs is 4. The summed E-state index contributed by atoms with van der Waals surface area (Å²) in [5, 5.41) is 2.52. The molecule has 2 heterocycles. The molecule has 3 nitrogen and oxygen atoms in total. The Balaban J connectivity index is 1.10. The monoisotopic (exact) mass is 646 g/mol. The SMILES string of the molecule is CCCCc1ccc2oc(-c3ccc(C4=C(c5ccccc5-c5ccc6c(c5)c5ccccc5n6-c5ccccc5)C=CCC4)cc3)nc2c1. The van der Waals surface area contributed by atoms with E-state index in [0.29, 0.717) is 5.89 Å². The van der Waals surface area contributed by atoms with Crippen LogP contribution in [0.5, 0.6) is 0 Å². The number of aryl methyl sites for hydroxylation is 1. The number of para-hydroxylation sites is 2. The van der Waals surface area contributed by atoms with Crippen molar-refractivity contribution in [3.05, 3.63) is 168 Å². The Morgan fingerprint density at radius 3 is 2.26 bits per heavy atom. The zero-order chi connectivity index (χ0) is 33.4. The number of hydrogen-bond donors (Lipinski definition) is 0. The van der Waals surface area contributed by atoms with Crippen molar-refractivity contribution in [2.75, 3.05) is 0 Å². The van der Waals surface area contributed by atoms with Crippen LogP contribution in [0.15, 0.2) is 156 Å². The Labute approximate surface area is 292 Å². The van der Waals surface area contributed by atoms with E-state index >= 15 is 0 Å². The minimum absolute atomic E-state index is 0.672. The minimum Gasteiger partial charge on any atom is -0.436 e. The molecule has 0 N–H and O–H groups in total. The summed E-state index contributed by atoms with van der Waals surface area (Å²) in [5.41, 5.74) is 15.3. The Bertz CT molecular complexity index is 2560. The third kappa shape index (κ3) is 5.36. The maximum absolute atomic E-state index is 6.20. The number of benzene rings is 6. The number of aromatic nitrogens is 2. The normalized spacial score (nSPS) is 13.2. The first-order valence-electron chi connectivity index (χ1n) is 17.8. The summed E-state index contributed by atoms with van der Waals surface area (Å²) in [4.78, 5) is 4.87. The first-order valence-corrected chi connectivity index (χ1v) is 17.8. The number of allylic oxidation sites excluding steroid dienone is 4. The van der Waals surface area contributed by atoms with Crippen LogP contribution in [-0.4, -0.2) is 9.55 Å². The smallest absolute Gasteiger partial charge is 0.227 e. The van der Waals surface area contributed by atoms with Crippen LogP contribution >= 0.6 is 0 Å². The maximum Gasteiger partial charge on any atom is 0.227 e. The molecule has 0 amide bonds. The summed E-state index contributed by atoms with van der Waals surface area (Å²) in [6, 6.07) is 50.4. The Morgan fingerprint density at radius 1 is 0.660 bits per heavy atom. The molecular weight excluding hydrogens is 609 g/mol. The van der Waals surface area contributed by atoms with Gasteiger partial charge in [-0.1, -0.05) is 110 Å². The first kappa shape index (κ1) is 30.2. The molecule has 9 rings (SSSR count). The van der Waals surface area contributed by atoms with E-state index in [4.69, 9.17) is 9.40 Å². The minimum atomic E-state index is 0.672. The predicted octanol–water partition coefficient (Wildman–Crippen LogP) is 12.9. The van der Waals surface area contributed by atoms with Gasteiger partial charge in [-0.3, -0.25) is 0 Å². The quantitative estimate of drug-likeness (QED) is 0.164. The second-order valence-corrected chi connectivity index (χ2v) is 13.3. The molecule has 2 aromatic heterocycles. The molecule has 0 saturated heterocycles. The molecular formula is C47H38N2O. The van der Waals surface area contributed by atoms with Crippen molar-refractivity contribution in [2.24, 2.45) is 0 Å². The molecule has 0 spiro atoms. The Hall–Kier alpha value is -5.93. The van der Waals surface area contributed by atoms with Crippen LogP contribution in [0.4, 0.5) is 0 Å². The molecule has 1 aliphatic carbocycles. The maximum atomic E-state index is 6.20. The summed E-state index contributed by atoms with van der Waals surface area (Å²) < 4.78 is 8.58. The fourth-order valence-corrected chi connectivity index (χ4v) is 7.63. The number of nitrogens with zero attached hydrogens (tertiary/aromatic N) is 2. The topological polar surface area (TPSA) is 31.0 Å². The molecule has 50 heavy (non-hydrogen) atoms. The van der Waals surface area contributed by atoms with Crippen LogP contribution < -0.4 is 0 Å². The zero-order valence-corrected chi connectivity index (χ0v) is 28.3. The number of oxazole rings is 1. The lowest BCUT2D eigenvalue weighted by Crippen LogP contribution is -1.97. The van der Waals surface area contributed by atoms with E-state index < -0.39 is 0 Å². The van der Waals surface area contributed by atoms with Crippen molar-refractivity contribution < 1.29 is 4.42 Å². The summed E-state index contributed by atoms with van der Waals surface area (Å²) in [6.45, 7) is 2.23. The van der Waals surface area contributed by atoms with Crippen LogP contribution in [0.3, 0.4) is 0 Å². The summed E-state index contributed by atoms with van der Waals surface area (Å²) in [5.74, 6) is 0.672. The van der Waals surface area contributed by atoms with Gasteiger partial charge in [0.2, 0.25) is 5.89 Å². The molecule has 0 aliphatic heterocycles. The second kappa shape index (κ2) is 12.8. The van der Waals surface area contributed by atoms with Gasteiger partial charge in [0, 0.05) is 22.0 Å². The van der Waals surface area contributed by atoms with Gasteiger partial charge in [0.15, 0.2) is 5.58 Å². The highest BCUT2D eigenvalue weighted by atomic mass is 16.3. The van der Waals surface area contributed by atoms with Crippen LogP contribution in [0.2, 0.25) is 0 Å². The lowest BCUT2D eigenvalue weighted by Gasteiger charge is -2.20. The Kier molecular flexibility index (Phi) is 7.74. The molecule has 0 atom stereocenters. The molecule has 0 unspecified atom stereocenters. The van der Waals surface area contributed by atoms with Crippen LogP contribution in [0.1, 0.15) is 49.3 Å². The van der Waals surface area contributed by atoms with E-state index in [9.17, 15) is 0 Å². The van der Waals surface area contributed by atoms with Gasteiger partial charge < -0.3 is 8.98 Å². The van der Waals surface area contributed by atoms with Crippen molar-refractivity contribution in [3.8, 4) is 28.3 Å². The average Bonchev–Trinajstić information content (AvgIpc) is 3.76. The van der Waals surface area contributed by atoms with Crippen molar-refractivity contribution >= 4 is 44.1 Å². The largest absolute Gasteiger partial charge is 0.436 e. The van der Waals surface area contributed by atoms with E-state index in [1.807, 2.05) is 0 Å². The predicted molar refractivity (Wildman–Crippen MR) is 209 cm³/mol. The van der Waals surface area contributed by atoms with Crippen LogP contribution in [-0.2, 0) is 6.42 Å². The van der Waals surface area contributed by atoms with E-state index in [2.05, 4.69) is 163 Å². The molecule has 0 fully saturated rings. The fourth-order valence-electron chi connectivity index (χ4n) is 7.63. The first-order chi connectivity index (χ1) is 24.7. The standard InChI is InChI=1S/C47H38N2O/c1-2-3-13-32-22-29-46-43(30-32)48-47(50-46)34-25-23-33(24-26-34)37-16-7-9-18-39(37)40-19-10-8-17-38(40)35-27-28-45-42(31-35)41-20-11-12-21-44(41)49(45)36-14-5-4-6-15-36/h4-6,8-12,14-15,17-31H,2-3,7,13,16H2,1H3. The van der Waals surface area contributed by atoms with Gasteiger partial charge in [0.1, 0.15) is 5.52 Å². The highest BCUT2D eigenvalue weighted by molar-refractivity contribution is 6.11. The van der Waals surface area contributed by atoms with Gasteiger partial charge in [-0.2, -0.15) is 0 Å². The molecule has 242 valence electrons. The van der Waals surface area contributed by atoms with Crippen LogP contribution in [0.25, 0.3) is 72.3 Å². The third-order valence-corrected chi connectivity index (χ3v) is 10.1. The van der Waals surface area contributed by atoms with E-state index in [1.165, 1.54) is 79.3 Å². The molecule has 0 saturated carbocycles. The second-order valence-electron chi connectivity index (χ2n) is 13.3. The lowest BCUT2D eigenvalue weighted by atomic mass is 9.84. The van der Waals surface area contributed by atoms with Crippen molar-refractivity contribution in [2.45, 2.75) is 39.0 Å². The zero-order valence-electron chi connectivity index (χ0n) is 28.3. The van der Waals surface area contributed by atoms with Gasteiger partial charge in [0.25, 0.3) is 0 Å². The number of hydrogen-bond acceptors (Lipinski definition) is 2. The van der Waals surface area contributed by atoms with E-state index in [1.54, 1.807) is 0 Å². The summed E-state index contributed by atoms with van der Waals surface area (Å²) >= 11 is 0. The van der Waals surface area contributed by atoms with E-state index in [0.717, 1.165) is 35.9 Å². The van der Waals surface area contributed by atoms with Crippen LogP contribution in [0, 0.1) is 0 Å². The van der Waals surface area contributed by atoms with Crippen molar-refractivity contribution in [1.29, 1.82) is 0 Å². The number of unbranched alkanes of at least 4 members (excludes halogenated alkanes) is 1. The summed E-state index contributed by atoms with van der Waals surface area (Å²) in [7, 11) is 0. The fraction of sp³-hybridized carbons (Fsp3) is 0.128. The summed E-state index contributed by atoms with van der Waals surface area (Å²) in [6.07, 6.45) is 10.1. The van der Waals surface area contributed by atoms with E-state index in [-0.39, 0.29) is 0 Å². The highest BCUT2D eigenvalue weighted by Crippen LogP contribution is 2.41. The molecule has 8 aromatic rings. The molecule has 1 aliphatic rings. The average molecular weight is 647 g/mol. The highest BCUT2D eigenvalue weighted by Gasteiger charge is 2.19. The van der Waals surface area contributed by atoms with Gasteiger partial charge >= 0.3 is 0 Å².